The van der Waals surface area contributed by atoms with Gasteiger partial charge >= 0.3 is 12.4 Å². The number of nitrogen functional groups attached to an aromatic ring is 2. The van der Waals surface area contributed by atoms with Crippen LogP contribution in [0.4, 0.5) is 49.9 Å². The molecule has 0 fully saturated rings. The number of aromatic amines is 1. The zero-order valence-electron chi connectivity index (χ0n) is 25.4. The van der Waals surface area contributed by atoms with E-state index in [1.807, 2.05) is 0 Å². The normalized spacial score (nSPS) is 11.4. The second-order valence-corrected chi connectivity index (χ2v) is 10.7. The van der Waals surface area contributed by atoms with Crippen molar-refractivity contribution < 1.29 is 40.7 Å². The van der Waals surface area contributed by atoms with E-state index in [1.165, 1.54) is 30.5 Å². The second-order valence-electron chi connectivity index (χ2n) is 10.3. The molecule has 0 aliphatic heterocycles. The number of carbonyl (C=O) groups is 3. The Bertz CT molecular complexity index is 2020. The van der Waals surface area contributed by atoms with Gasteiger partial charge in [-0.1, -0.05) is 48.0 Å². The maximum absolute atomic E-state index is 12.7. The summed E-state index contributed by atoms with van der Waals surface area (Å²) in [6.45, 7) is -0.392. The molecule has 0 bridgehead atoms. The molecule has 0 unspecified atom stereocenters. The Labute approximate surface area is 282 Å². The topological polar surface area (TPSA) is 208 Å². The van der Waals surface area contributed by atoms with Gasteiger partial charge < -0.3 is 22.1 Å². The summed E-state index contributed by atoms with van der Waals surface area (Å²) in [5.41, 5.74) is 10.2. The van der Waals surface area contributed by atoms with Crippen LogP contribution in [0.15, 0.2) is 54.7 Å². The van der Waals surface area contributed by atoms with Crippen LogP contribution < -0.4 is 22.1 Å². The lowest BCUT2D eigenvalue weighted by atomic mass is 10.1. The number of halogens is 7. The van der Waals surface area contributed by atoms with Crippen molar-refractivity contribution in [3.8, 4) is 0 Å². The number of alkyl halides is 6. The number of fused-ring (bicyclic) bond motifs is 1. The molecule has 2 aromatic carbocycles. The van der Waals surface area contributed by atoms with Crippen LogP contribution in [0, 0.1) is 0 Å². The number of aromatic nitrogens is 6. The minimum Gasteiger partial charge on any atom is -0.368 e. The fourth-order valence-corrected chi connectivity index (χ4v) is 4.57. The van der Waals surface area contributed by atoms with Gasteiger partial charge in [0.2, 0.25) is 11.9 Å². The van der Waals surface area contributed by atoms with E-state index >= 15 is 0 Å². The van der Waals surface area contributed by atoms with Crippen molar-refractivity contribution in [1.29, 1.82) is 0 Å². The lowest BCUT2D eigenvalue weighted by molar-refractivity contribution is -0.138. The number of benzene rings is 2. The van der Waals surface area contributed by atoms with Gasteiger partial charge in [0.05, 0.1) is 41.4 Å². The molecule has 0 amide bonds. The number of nitrogens with zero attached hydrogens (tertiary/aromatic N) is 5. The van der Waals surface area contributed by atoms with Crippen molar-refractivity contribution in [3.05, 3.63) is 87.7 Å². The quantitative estimate of drug-likeness (QED) is 0.0698. The molecule has 7 N–H and O–H groups in total. The highest BCUT2D eigenvalue weighted by Crippen LogP contribution is 2.31. The maximum Gasteiger partial charge on any atom is 0.416 e. The van der Waals surface area contributed by atoms with Gasteiger partial charge in [0.1, 0.15) is 16.8 Å². The molecule has 0 saturated heterocycles. The summed E-state index contributed by atoms with van der Waals surface area (Å²) in [5, 5.41) is 12.2. The average molecular weight is 723 g/mol. The van der Waals surface area contributed by atoms with Gasteiger partial charge in [-0.05, 0) is 23.3 Å². The van der Waals surface area contributed by atoms with Crippen LogP contribution >= 0.6 is 11.6 Å². The highest BCUT2D eigenvalue weighted by Gasteiger charge is 2.31. The summed E-state index contributed by atoms with van der Waals surface area (Å²) in [5.74, 6) is -0.593. The first-order valence-corrected chi connectivity index (χ1v) is 14.5. The van der Waals surface area contributed by atoms with E-state index in [2.05, 4.69) is 40.8 Å². The summed E-state index contributed by atoms with van der Waals surface area (Å²) in [6, 6.07) is 9.17. The van der Waals surface area contributed by atoms with Gasteiger partial charge in [-0.3, -0.25) is 19.5 Å². The SMILES string of the molecule is Nc1nc(Cl)c(C=O)c(NCC(=O)Cc2cccc(C(F)(F)F)c2)n1.Nc1nc(NCC(=O)Cc2cccc(C(F)(F)F)c2)c2cn[nH]c2n1. The van der Waals surface area contributed by atoms with Crippen LogP contribution in [0.3, 0.4) is 0 Å². The zero-order valence-corrected chi connectivity index (χ0v) is 26.1. The highest BCUT2D eigenvalue weighted by atomic mass is 35.5. The molecule has 0 aliphatic rings. The van der Waals surface area contributed by atoms with Crippen molar-refractivity contribution in [2.45, 2.75) is 25.2 Å². The van der Waals surface area contributed by atoms with E-state index in [-0.39, 0.29) is 71.3 Å². The number of anilines is 4. The smallest absolute Gasteiger partial charge is 0.368 e. The van der Waals surface area contributed by atoms with Gasteiger partial charge in [-0.15, -0.1) is 0 Å². The molecule has 0 atom stereocenters. The van der Waals surface area contributed by atoms with E-state index in [1.54, 1.807) is 0 Å². The summed E-state index contributed by atoms with van der Waals surface area (Å²) in [7, 11) is 0. The van der Waals surface area contributed by atoms with E-state index < -0.39 is 29.3 Å². The van der Waals surface area contributed by atoms with Gasteiger partial charge in [-0.25, -0.2) is 4.98 Å². The first-order valence-electron chi connectivity index (χ1n) is 14.1. The Morgan fingerprint density at radius 3 is 1.80 bits per heavy atom. The molecule has 0 saturated carbocycles. The maximum atomic E-state index is 12.7. The molecule has 5 aromatic rings. The number of H-pyrrole nitrogens is 1. The minimum absolute atomic E-state index is 0.00424. The third kappa shape index (κ3) is 10.1. The molecule has 262 valence electrons. The number of hydrogen-bond donors (Lipinski definition) is 5. The van der Waals surface area contributed by atoms with Crippen molar-refractivity contribution in [1.82, 2.24) is 30.1 Å². The molecule has 50 heavy (non-hydrogen) atoms. The van der Waals surface area contributed by atoms with E-state index in [9.17, 15) is 40.7 Å². The van der Waals surface area contributed by atoms with Gasteiger partial charge in [0, 0.05) is 12.8 Å². The number of nitrogens with one attached hydrogen (secondary N) is 3. The lowest BCUT2D eigenvalue weighted by Gasteiger charge is -2.10. The standard InChI is InChI=1S/C15H12ClF3N4O2.C15H13F3N6O/c16-12-11(7-24)13(23-14(20)22-12)21-6-10(25)5-8-2-1-3-9(4-8)15(17,18)19;16-15(17,18)9-3-1-2-8(4-9)5-10(25)6-20-12-11-7-21-24-13(11)23-14(19)22-12/h1-4,7H,5-6H2,(H3,20,21,22,23);1-4,7H,5-6H2,(H4,19,20,21,22,23,24). The predicted octanol–water partition coefficient (Wildman–Crippen LogP) is 4.94. The Balaban J connectivity index is 0.000000225. The van der Waals surface area contributed by atoms with Crippen LogP contribution in [0.2, 0.25) is 5.15 Å². The molecular formula is C30H25ClF6N10O3. The number of aldehydes is 1. The van der Waals surface area contributed by atoms with Crippen LogP contribution in [-0.4, -0.2) is 61.1 Å². The number of nitrogens with two attached hydrogens (primary N) is 2. The lowest BCUT2D eigenvalue weighted by Crippen LogP contribution is -2.18. The monoisotopic (exact) mass is 722 g/mol. The summed E-state index contributed by atoms with van der Waals surface area (Å²) in [4.78, 5) is 50.3. The fraction of sp³-hybridized carbons (Fsp3) is 0.200. The van der Waals surface area contributed by atoms with Gasteiger partial charge in [0.15, 0.2) is 23.5 Å². The number of rotatable bonds is 11. The first kappa shape index (κ1) is 37.0. The van der Waals surface area contributed by atoms with E-state index in [0.29, 0.717) is 23.1 Å². The molecule has 0 aliphatic carbocycles. The molecule has 3 heterocycles. The summed E-state index contributed by atoms with van der Waals surface area (Å²) in [6.07, 6.45) is -7.39. The average Bonchev–Trinajstić information content (AvgIpc) is 3.51. The van der Waals surface area contributed by atoms with Crippen LogP contribution in [-0.2, 0) is 34.8 Å². The molecule has 0 spiro atoms. The Morgan fingerprint density at radius 1 is 0.780 bits per heavy atom. The zero-order chi connectivity index (χ0) is 36.6. The minimum atomic E-state index is -4.48. The van der Waals surface area contributed by atoms with E-state index in [4.69, 9.17) is 23.1 Å². The molecular weight excluding hydrogens is 698 g/mol. The summed E-state index contributed by atoms with van der Waals surface area (Å²) >= 11 is 5.75. The second kappa shape index (κ2) is 15.6. The third-order valence-corrected chi connectivity index (χ3v) is 6.87. The Hall–Kier alpha value is -5.85. The van der Waals surface area contributed by atoms with Crippen LogP contribution in [0.1, 0.15) is 32.6 Å². The predicted molar refractivity (Wildman–Crippen MR) is 170 cm³/mol. The number of ketones is 2. The van der Waals surface area contributed by atoms with Crippen molar-refractivity contribution >= 4 is 64.0 Å². The molecule has 13 nitrogen and oxygen atoms in total. The van der Waals surface area contributed by atoms with Crippen LogP contribution in [0.5, 0.6) is 0 Å². The number of carbonyl (C=O) groups excluding carboxylic acids is 3. The number of hydrogen-bond acceptors (Lipinski definition) is 12. The van der Waals surface area contributed by atoms with Crippen LogP contribution in [0.25, 0.3) is 11.0 Å². The Kier molecular flexibility index (Phi) is 11.5. The third-order valence-electron chi connectivity index (χ3n) is 6.58. The van der Waals surface area contributed by atoms with E-state index in [0.717, 1.165) is 24.3 Å². The van der Waals surface area contributed by atoms with Gasteiger partial charge in [-0.2, -0.15) is 46.4 Å². The van der Waals surface area contributed by atoms with Crippen molar-refractivity contribution in [3.63, 3.8) is 0 Å². The molecule has 3 aromatic heterocycles. The fourth-order valence-electron chi connectivity index (χ4n) is 4.34. The van der Waals surface area contributed by atoms with Gasteiger partial charge in [0.25, 0.3) is 0 Å². The first-order chi connectivity index (χ1) is 23.5. The highest BCUT2D eigenvalue weighted by molar-refractivity contribution is 6.32. The number of Topliss-reactive ketones (excluding diaryl/α,β-unsaturated/α-hetero) is 2. The molecule has 0 radical (unpaired) electrons. The largest absolute Gasteiger partial charge is 0.416 e. The van der Waals surface area contributed by atoms with Crippen molar-refractivity contribution in [2.24, 2.45) is 0 Å². The molecule has 20 heteroatoms. The Morgan fingerprint density at radius 2 is 1.28 bits per heavy atom. The molecule has 5 rings (SSSR count). The van der Waals surface area contributed by atoms with Crippen molar-refractivity contribution in [2.75, 3.05) is 35.2 Å². The summed E-state index contributed by atoms with van der Waals surface area (Å²) < 4.78 is 76.1.